The Morgan fingerprint density at radius 3 is 2.43 bits per heavy atom. The smallest absolute Gasteiger partial charge is 0.142 e. The molecule has 0 saturated heterocycles. The van der Waals surface area contributed by atoms with Gasteiger partial charge in [-0.25, -0.2) is 8.78 Å². The number of rotatable bonds is 2. The summed E-state index contributed by atoms with van der Waals surface area (Å²) in [6, 6.07) is 0.994. The summed E-state index contributed by atoms with van der Waals surface area (Å²) in [6.45, 7) is 1.50. The van der Waals surface area contributed by atoms with Crippen LogP contribution in [0.3, 0.4) is 0 Å². The lowest BCUT2D eigenvalue weighted by Crippen LogP contribution is -2.25. The minimum Gasteiger partial charge on any atom is -0.387 e. The maximum Gasteiger partial charge on any atom is 0.142 e. The average molecular weight is 222 g/mol. The Morgan fingerprint density at radius 2 is 1.93 bits per heavy atom. The van der Waals surface area contributed by atoms with E-state index in [-0.39, 0.29) is 10.6 Å². The van der Waals surface area contributed by atoms with Crippen LogP contribution in [0.1, 0.15) is 18.6 Å². The summed E-state index contributed by atoms with van der Waals surface area (Å²) in [7, 11) is 0. The topological polar surface area (TPSA) is 46.2 Å². The van der Waals surface area contributed by atoms with Crippen LogP contribution in [0.25, 0.3) is 0 Å². The van der Waals surface area contributed by atoms with Gasteiger partial charge in [-0.1, -0.05) is 11.6 Å². The van der Waals surface area contributed by atoms with E-state index in [0.29, 0.717) is 0 Å². The van der Waals surface area contributed by atoms with E-state index in [1.807, 2.05) is 0 Å². The van der Waals surface area contributed by atoms with Crippen LogP contribution in [0, 0.1) is 11.6 Å². The lowest BCUT2D eigenvalue weighted by Gasteiger charge is -2.15. The van der Waals surface area contributed by atoms with Crippen molar-refractivity contribution < 1.29 is 13.9 Å². The van der Waals surface area contributed by atoms with Crippen LogP contribution in [0.2, 0.25) is 5.02 Å². The molecule has 2 atom stereocenters. The highest BCUT2D eigenvalue weighted by Crippen LogP contribution is 2.24. The summed E-state index contributed by atoms with van der Waals surface area (Å²) in [5, 5.41) is 9.10. The van der Waals surface area contributed by atoms with Crippen molar-refractivity contribution in [2.45, 2.75) is 19.1 Å². The Hall–Kier alpha value is -0.710. The number of aliphatic hydroxyl groups excluding tert-OH is 1. The van der Waals surface area contributed by atoms with Gasteiger partial charge in [0.1, 0.15) is 11.6 Å². The Bertz CT molecular complexity index is 344. The molecule has 14 heavy (non-hydrogen) atoms. The molecule has 5 heteroatoms. The molecule has 2 nitrogen and oxygen atoms in total. The SMILES string of the molecule is CC(N)C(O)c1cc(F)c(Cl)cc1F. The molecule has 78 valence electrons. The van der Waals surface area contributed by atoms with E-state index in [1.165, 1.54) is 6.92 Å². The first-order valence-corrected chi connectivity index (χ1v) is 4.39. The van der Waals surface area contributed by atoms with E-state index in [1.54, 1.807) is 0 Å². The molecule has 0 amide bonds. The fourth-order valence-corrected chi connectivity index (χ4v) is 1.20. The Kier molecular flexibility index (Phi) is 3.42. The summed E-state index contributed by atoms with van der Waals surface area (Å²) in [5.41, 5.74) is 5.17. The summed E-state index contributed by atoms with van der Waals surface area (Å²) in [6.07, 6.45) is -1.23. The molecule has 0 aliphatic carbocycles. The van der Waals surface area contributed by atoms with Crippen LogP contribution in [-0.4, -0.2) is 11.1 Å². The second kappa shape index (κ2) is 4.21. The van der Waals surface area contributed by atoms with Gasteiger partial charge in [-0.3, -0.25) is 0 Å². The molecule has 0 spiro atoms. The first kappa shape index (κ1) is 11.4. The molecule has 0 fully saturated rings. The predicted molar refractivity (Wildman–Crippen MR) is 50.0 cm³/mol. The summed E-state index contributed by atoms with van der Waals surface area (Å²) >= 11 is 5.34. The lowest BCUT2D eigenvalue weighted by molar-refractivity contribution is 0.148. The first-order chi connectivity index (χ1) is 6.43. The zero-order chi connectivity index (χ0) is 10.9. The van der Waals surface area contributed by atoms with Gasteiger partial charge in [0.05, 0.1) is 11.1 Å². The molecule has 3 N–H and O–H groups in total. The minimum atomic E-state index is -1.23. The van der Waals surface area contributed by atoms with Crippen molar-refractivity contribution in [1.29, 1.82) is 0 Å². The van der Waals surface area contributed by atoms with Crippen LogP contribution in [0.5, 0.6) is 0 Å². The quantitative estimate of drug-likeness (QED) is 0.751. The maximum absolute atomic E-state index is 13.2. The molecule has 0 radical (unpaired) electrons. The van der Waals surface area contributed by atoms with E-state index in [9.17, 15) is 13.9 Å². The molecule has 0 aliphatic rings. The number of benzene rings is 1. The van der Waals surface area contributed by atoms with Gasteiger partial charge >= 0.3 is 0 Å². The van der Waals surface area contributed by atoms with Crippen LogP contribution in [0.15, 0.2) is 12.1 Å². The third-order valence-corrected chi connectivity index (χ3v) is 2.15. The molecule has 1 rings (SSSR count). The Labute approximate surface area is 85.3 Å². The van der Waals surface area contributed by atoms with Crippen LogP contribution < -0.4 is 5.73 Å². The van der Waals surface area contributed by atoms with Crippen molar-refractivity contribution in [1.82, 2.24) is 0 Å². The fourth-order valence-electron chi connectivity index (χ4n) is 1.05. The molecule has 1 aromatic carbocycles. The highest BCUT2D eigenvalue weighted by Gasteiger charge is 2.18. The second-order valence-corrected chi connectivity index (χ2v) is 3.50. The van der Waals surface area contributed by atoms with Crippen molar-refractivity contribution in [3.63, 3.8) is 0 Å². The molecular formula is C9H10ClF2NO. The van der Waals surface area contributed by atoms with Crippen LogP contribution >= 0.6 is 11.6 Å². The molecule has 0 heterocycles. The summed E-state index contributed by atoms with van der Waals surface area (Å²) in [5.74, 6) is -1.54. The Morgan fingerprint density at radius 1 is 1.36 bits per heavy atom. The van der Waals surface area contributed by atoms with E-state index < -0.39 is 23.8 Å². The molecule has 2 unspecified atom stereocenters. The van der Waals surface area contributed by atoms with Crippen molar-refractivity contribution >= 4 is 11.6 Å². The number of hydrogen-bond donors (Lipinski definition) is 2. The number of halogens is 3. The van der Waals surface area contributed by atoms with E-state index in [0.717, 1.165) is 12.1 Å². The van der Waals surface area contributed by atoms with Gasteiger partial charge in [0.15, 0.2) is 0 Å². The molecule has 0 aliphatic heterocycles. The van der Waals surface area contributed by atoms with E-state index in [4.69, 9.17) is 17.3 Å². The second-order valence-electron chi connectivity index (χ2n) is 3.09. The summed E-state index contributed by atoms with van der Waals surface area (Å²) < 4.78 is 26.1. The van der Waals surface area contributed by atoms with Crippen LogP contribution in [-0.2, 0) is 0 Å². The highest BCUT2D eigenvalue weighted by atomic mass is 35.5. The van der Waals surface area contributed by atoms with Gasteiger partial charge in [0, 0.05) is 11.6 Å². The van der Waals surface area contributed by atoms with Gasteiger partial charge in [-0.15, -0.1) is 0 Å². The lowest BCUT2D eigenvalue weighted by atomic mass is 10.0. The third kappa shape index (κ3) is 2.20. The van der Waals surface area contributed by atoms with Gasteiger partial charge in [-0.2, -0.15) is 0 Å². The molecule has 1 aromatic rings. The first-order valence-electron chi connectivity index (χ1n) is 4.01. The van der Waals surface area contributed by atoms with E-state index >= 15 is 0 Å². The number of nitrogens with two attached hydrogens (primary N) is 1. The standard InChI is InChI=1S/C9H10ClF2NO/c1-4(13)9(14)5-2-8(12)6(10)3-7(5)11/h2-4,9,14H,13H2,1H3. The zero-order valence-corrected chi connectivity index (χ0v) is 8.22. The van der Waals surface area contributed by atoms with Gasteiger partial charge in [0.2, 0.25) is 0 Å². The normalized spacial score (nSPS) is 15.3. The van der Waals surface area contributed by atoms with Gasteiger partial charge in [0.25, 0.3) is 0 Å². The molecule has 0 saturated carbocycles. The number of aliphatic hydroxyl groups is 1. The minimum absolute atomic E-state index is 0.179. The van der Waals surface area contributed by atoms with Crippen molar-refractivity contribution in [3.8, 4) is 0 Å². The third-order valence-electron chi connectivity index (χ3n) is 1.86. The highest BCUT2D eigenvalue weighted by molar-refractivity contribution is 6.30. The Balaban J connectivity index is 3.15. The van der Waals surface area contributed by atoms with Gasteiger partial charge in [-0.05, 0) is 19.1 Å². The van der Waals surface area contributed by atoms with E-state index in [2.05, 4.69) is 0 Å². The monoisotopic (exact) mass is 221 g/mol. The largest absolute Gasteiger partial charge is 0.387 e. The molecule has 0 aromatic heterocycles. The fraction of sp³-hybridized carbons (Fsp3) is 0.333. The van der Waals surface area contributed by atoms with Crippen molar-refractivity contribution in [2.24, 2.45) is 5.73 Å². The van der Waals surface area contributed by atoms with Crippen molar-refractivity contribution in [2.75, 3.05) is 0 Å². The zero-order valence-electron chi connectivity index (χ0n) is 7.47. The summed E-state index contributed by atoms with van der Waals surface area (Å²) in [4.78, 5) is 0. The predicted octanol–water partition coefficient (Wildman–Crippen LogP) is 2.00. The maximum atomic E-state index is 13.2. The van der Waals surface area contributed by atoms with Crippen LogP contribution in [0.4, 0.5) is 8.78 Å². The average Bonchev–Trinajstić information content (AvgIpc) is 2.10. The molecular weight excluding hydrogens is 212 g/mol. The van der Waals surface area contributed by atoms with Crippen molar-refractivity contribution in [3.05, 3.63) is 34.4 Å². The number of hydrogen-bond acceptors (Lipinski definition) is 2. The molecule has 0 bridgehead atoms. The van der Waals surface area contributed by atoms with Gasteiger partial charge < -0.3 is 10.8 Å².